The molecule has 0 unspecified atom stereocenters. The molecule has 0 aliphatic rings. The summed E-state index contributed by atoms with van der Waals surface area (Å²) >= 11 is 0. The number of nitrogens with one attached hydrogen (secondary N) is 1. The molecule has 0 spiro atoms. The lowest BCUT2D eigenvalue weighted by Crippen LogP contribution is -2.17. The molecule has 4 aromatic rings. The van der Waals surface area contributed by atoms with E-state index in [2.05, 4.69) is 10.5 Å². The van der Waals surface area contributed by atoms with Crippen molar-refractivity contribution in [2.45, 2.75) is 0 Å². The van der Waals surface area contributed by atoms with Crippen LogP contribution in [0.15, 0.2) is 82.4 Å². The summed E-state index contributed by atoms with van der Waals surface area (Å²) in [5, 5.41) is 15.6. The number of furan rings is 1. The fourth-order valence-corrected chi connectivity index (χ4v) is 2.78. The quantitative estimate of drug-likeness (QED) is 0.325. The number of nitrogens with zero attached hydrogens (tertiary/aromatic N) is 3. The standard InChI is InChI=1S/C20H14N4O4/c25-20(19-12-14-4-1-2-6-18(14)28-19)22-21-13-17-5-3-11-23(17)15-7-9-16(10-8-15)24(26)27/h1-13H,(H,22,25)/b21-13+. The average Bonchev–Trinajstić information content (AvgIpc) is 3.35. The molecule has 0 fully saturated rings. The predicted molar refractivity (Wildman–Crippen MR) is 104 cm³/mol. The molecular formula is C20H14N4O4. The molecule has 0 saturated heterocycles. The van der Waals surface area contributed by atoms with Gasteiger partial charge in [0.25, 0.3) is 5.69 Å². The van der Waals surface area contributed by atoms with Crippen LogP contribution in [0.3, 0.4) is 0 Å². The van der Waals surface area contributed by atoms with Gasteiger partial charge in [0.2, 0.25) is 0 Å². The number of hydrogen-bond acceptors (Lipinski definition) is 5. The van der Waals surface area contributed by atoms with Gasteiger partial charge >= 0.3 is 5.91 Å². The molecule has 2 aromatic heterocycles. The molecule has 28 heavy (non-hydrogen) atoms. The predicted octanol–water partition coefficient (Wildman–Crippen LogP) is 3.90. The highest BCUT2D eigenvalue weighted by Crippen LogP contribution is 2.19. The Balaban J connectivity index is 1.49. The maximum absolute atomic E-state index is 12.2. The minimum atomic E-state index is -0.458. The van der Waals surface area contributed by atoms with Crippen molar-refractivity contribution in [2.75, 3.05) is 0 Å². The Hall–Kier alpha value is -4.20. The van der Waals surface area contributed by atoms with Gasteiger partial charge in [-0.25, -0.2) is 5.43 Å². The van der Waals surface area contributed by atoms with Crippen molar-refractivity contribution in [2.24, 2.45) is 5.10 Å². The molecule has 0 aliphatic carbocycles. The van der Waals surface area contributed by atoms with Crippen LogP contribution in [0.4, 0.5) is 5.69 Å². The van der Waals surface area contributed by atoms with Gasteiger partial charge in [0.15, 0.2) is 5.76 Å². The summed E-state index contributed by atoms with van der Waals surface area (Å²) in [6, 6.07) is 18.7. The van der Waals surface area contributed by atoms with Gasteiger partial charge in [-0.3, -0.25) is 14.9 Å². The fraction of sp³-hybridized carbons (Fsp3) is 0. The molecule has 2 aromatic carbocycles. The van der Waals surface area contributed by atoms with Crippen molar-refractivity contribution in [3.05, 3.63) is 94.5 Å². The van der Waals surface area contributed by atoms with Crippen molar-refractivity contribution in [3.63, 3.8) is 0 Å². The molecule has 0 aliphatic heterocycles. The van der Waals surface area contributed by atoms with Gasteiger partial charge in [0.05, 0.1) is 16.8 Å². The zero-order valence-electron chi connectivity index (χ0n) is 14.5. The first kappa shape index (κ1) is 17.2. The number of rotatable bonds is 5. The normalized spacial score (nSPS) is 11.1. The summed E-state index contributed by atoms with van der Waals surface area (Å²) in [6.07, 6.45) is 3.28. The van der Waals surface area contributed by atoms with E-state index in [0.717, 1.165) is 11.1 Å². The van der Waals surface area contributed by atoms with Gasteiger partial charge in [-0.1, -0.05) is 18.2 Å². The maximum Gasteiger partial charge on any atom is 0.307 e. The van der Waals surface area contributed by atoms with Crippen LogP contribution in [0.25, 0.3) is 16.7 Å². The summed E-state index contributed by atoms with van der Waals surface area (Å²) in [6.45, 7) is 0. The number of non-ortho nitro benzene ring substituents is 1. The number of nitro benzene ring substituents is 1. The molecule has 0 saturated carbocycles. The Labute approximate surface area is 158 Å². The third-order valence-electron chi connectivity index (χ3n) is 4.13. The van der Waals surface area contributed by atoms with Crippen LogP contribution in [0.1, 0.15) is 16.2 Å². The Bertz CT molecular complexity index is 1160. The Morgan fingerprint density at radius 2 is 1.89 bits per heavy atom. The first-order chi connectivity index (χ1) is 13.6. The molecule has 138 valence electrons. The lowest BCUT2D eigenvalue weighted by molar-refractivity contribution is -0.384. The van der Waals surface area contributed by atoms with E-state index in [1.165, 1.54) is 18.3 Å². The number of benzene rings is 2. The second kappa shape index (κ2) is 7.20. The van der Waals surface area contributed by atoms with Crippen molar-refractivity contribution in [1.29, 1.82) is 0 Å². The topological polar surface area (TPSA) is 103 Å². The number of amides is 1. The maximum atomic E-state index is 12.2. The lowest BCUT2D eigenvalue weighted by atomic mass is 10.2. The number of hydrogen-bond donors (Lipinski definition) is 1. The third kappa shape index (κ3) is 3.38. The molecule has 1 N–H and O–H groups in total. The third-order valence-corrected chi connectivity index (χ3v) is 4.13. The molecular weight excluding hydrogens is 360 g/mol. The number of carbonyl (C=O) groups excluding carboxylic acids is 1. The van der Waals surface area contributed by atoms with E-state index in [1.54, 1.807) is 41.1 Å². The van der Waals surface area contributed by atoms with Crippen molar-refractivity contribution in [1.82, 2.24) is 9.99 Å². The second-order valence-corrected chi connectivity index (χ2v) is 5.92. The minimum absolute atomic E-state index is 0.0178. The number of nitro groups is 1. The number of aromatic nitrogens is 1. The molecule has 8 heteroatoms. The smallest absolute Gasteiger partial charge is 0.307 e. The molecule has 1 amide bonds. The van der Waals surface area contributed by atoms with Crippen LogP contribution in [-0.2, 0) is 0 Å². The van der Waals surface area contributed by atoms with E-state index >= 15 is 0 Å². The highest BCUT2D eigenvalue weighted by atomic mass is 16.6. The molecule has 0 atom stereocenters. The van der Waals surface area contributed by atoms with E-state index in [1.807, 2.05) is 24.3 Å². The van der Waals surface area contributed by atoms with Crippen molar-refractivity contribution < 1.29 is 14.1 Å². The van der Waals surface area contributed by atoms with Gasteiger partial charge < -0.3 is 8.98 Å². The zero-order chi connectivity index (χ0) is 19.5. The second-order valence-electron chi connectivity index (χ2n) is 5.92. The van der Waals surface area contributed by atoms with E-state index < -0.39 is 10.8 Å². The van der Waals surface area contributed by atoms with Gasteiger partial charge in [-0.2, -0.15) is 5.10 Å². The molecule has 8 nitrogen and oxygen atoms in total. The van der Waals surface area contributed by atoms with E-state index in [4.69, 9.17) is 4.42 Å². The van der Waals surface area contributed by atoms with Crippen LogP contribution >= 0.6 is 0 Å². The zero-order valence-corrected chi connectivity index (χ0v) is 14.5. The highest BCUT2D eigenvalue weighted by molar-refractivity contribution is 5.96. The van der Waals surface area contributed by atoms with Crippen LogP contribution in [0, 0.1) is 10.1 Å². The molecule has 0 bridgehead atoms. The Morgan fingerprint density at radius 1 is 1.11 bits per heavy atom. The SMILES string of the molecule is O=C(N/N=C/c1cccn1-c1ccc([N+](=O)[O-])cc1)c1cc2ccccc2o1. The summed E-state index contributed by atoms with van der Waals surface area (Å²) in [5.74, 6) is -0.287. The van der Waals surface area contributed by atoms with Crippen LogP contribution in [0.5, 0.6) is 0 Å². The summed E-state index contributed by atoms with van der Waals surface area (Å²) < 4.78 is 7.29. The Morgan fingerprint density at radius 3 is 2.64 bits per heavy atom. The van der Waals surface area contributed by atoms with Gasteiger partial charge in [0.1, 0.15) is 5.58 Å². The molecule has 0 radical (unpaired) electrons. The van der Waals surface area contributed by atoms with Crippen molar-refractivity contribution in [3.8, 4) is 5.69 Å². The van der Waals surface area contributed by atoms with Crippen LogP contribution in [-0.4, -0.2) is 21.6 Å². The average molecular weight is 374 g/mol. The largest absolute Gasteiger partial charge is 0.451 e. The van der Waals surface area contributed by atoms with E-state index in [9.17, 15) is 14.9 Å². The summed E-state index contributed by atoms with van der Waals surface area (Å²) in [7, 11) is 0. The number of carbonyl (C=O) groups is 1. The fourth-order valence-electron chi connectivity index (χ4n) is 2.78. The van der Waals surface area contributed by atoms with E-state index in [0.29, 0.717) is 11.3 Å². The van der Waals surface area contributed by atoms with Gasteiger partial charge in [-0.05, 0) is 36.4 Å². The molecule has 4 rings (SSSR count). The minimum Gasteiger partial charge on any atom is -0.451 e. The van der Waals surface area contributed by atoms with E-state index in [-0.39, 0.29) is 11.4 Å². The Kier molecular flexibility index (Phi) is 4.43. The number of para-hydroxylation sites is 1. The monoisotopic (exact) mass is 374 g/mol. The van der Waals surface area contributed by atoms with Gasteiger partial charge in [-0.15, -0.1) is 0 Å². The first-order valence-electron chi connectivity index (χ1n) is 8.36. The van der Waals surface area contributed by atoms with Crippen LogP contribution in [0.2, 0.25) is 0 Å². The van der Waals surface area contributed by atoms with Crippen LogP contribution < -0.4 is 5.43 Å². The lowest BCUT2D eigenvalue weighted by Gasteiger charge is -2.05. The van der Waals surface area contributed by atoms with Gasteiger partial charge in [0, 0.05) is 29.4 Å². The summed E-state index contributed by atoms with van der Waals surface area (Å²) in [5.41, 5.74) is 4.51. The number of hydrazone groups is 1. The molecule has 2 heterocycles. The summed E-state index contributed by atoms with van der Waals surface area (Å²) in [4.78, 5) is 22.5. The highest BCUT2D eigenvalue weighted by Gasteiger charge is 2.11. The first-order valence-corrected chi connectivity index (χ1v) is 8.36. The number of fused-ring (bicyclic) bond motifs is 1. The van der Waals surface area contributed by atoms with Crippen molar-refractivity contribution >= 4 is 28.8 Å².